The van der Waals surface area contributed by atoms with Gasteiger partial charge in [0.25, 0.3) is 0 Å². The first-order valence-electron chi connectivity index (χ1n) is 8.98. The molecule has 1 heterocycles. The van der Waals surface area contributed by atoms with Crippen LogP contribution in [-0.2, 0) is 4.74 Å². The van der Waals surface area contributed by atoms with Crippen LogP contribution in [0.4, 0.5) is 10.1 Å². The third-order valence-electron chi connectivity index (χ3n) is 4.55. The largest absolute Gasteiger partial charge is 0.370 e. The highest BCUT2D eigenvalue weighted by molar-refractivity contribution is 7.80. The summed E-state index contributed by atoms with van der Waals surface area (Å²) in [5.74, 6) is -0.359. The van der Waals surface area contributed by atoms with E-state index in [1.54, 1.807) is 18.2 Å². The standard InChI is InChI=1S/C20H23FN4OS/c1-15(23-24-20(27)22-18-10-6-5-9-17(18)21)19(16-7-3-2-4-8-16)25-11-13-26-14-12-25/h2-10,19H,11-14H2,1H3,(H2,22,24,27)/p+1/b23-15-/t19-/m1/s1. The third kappa shape index (κ3) is 5.32. The molecule has 0 amide bonds. The van der Waals surface area contributed by atoms with Gasteiger partial charge in [-0.1, -0.05) is 42.5 Å². The fourth-order valence-electron chi connectivity index (χ4n) is 3.26. The summed E-state index contributed by atoms with van der Waals surface area (Å²) in [6, 6.07) is 16.8. The van der Waals surface area contributed by atoms with Crippen molar-refractivity contribution < 1.29 is 14.0 Å². The van der Waals surface area contributed by atoms with Crippen LogP contribution < -0.4 is 15.6 Å². The number of morpholine rings is 1. The molecule has 5 nitrogen and oxygen atoms in total. The van der Waals surface area contributed by atoms with Crippen molar-refractivity contribution in [3.8, 4) is 0 Å². The number of hydrogen-bond donors (Lipinski definition) is 3. The number of quaternary nitrogens is 1. The zero-order valence-corrected chi connectivity index (χ0v) is 16.1. The lowest BCUT2D eigenvalue weighted by Gasteiger charge is -2.31. The minimum atomic E-state index is -0.359. The van der Waals surface area contributed by atoms with Crippen molar-refractivity contribution in [3.63, 3.8) is 0 Å². The molecule has 1 aliphatic heterocycles. The first kappa shape index (κ1) is 19.4. The van der Waals surface area contributed by atoms with Gasteiger partial charge in [-0.15, -0.1) is 0 Å². The molecule has 0 aromatic heterocycles. The van der Waals surface area contributed by atoms with Crippen LogP contribution in [0.3, 0.4) is 0 Å². The van der Waals surface area contributed by atoms with Gasteiger partial charge in [-0.05, 0) is 31.3 Å². The molecular weight excluding hydrogens is 363 g/mol. The van der Waals surface area contributed by atoms with Crippen LogP contribution >= 0.6 is 12.2 Å². The maximum atomic E-state index is 13.7. The second kappa shape index (κ2) is 9.55. The molecule has 1 aliphatic rings. The minimum absolute atomic E-state index is 0.110. The van der Waals surface area contributed by atoms with Crippen LogP contribution in [0.2, 0.25) is 0 Å². The molecule has 0 unspecified atom stereocenters. The molecule has 0 saturated carbocycles. The number of benzene rings is 2. The van der Waals surface area contributed by atoms with Gasteiger partial charge in [-0.2, -0.15) is 5.10 Å². The first-order chi connectivity index (χ1) is 13.1. The Morgan fingerprint density at radius 3 is 2.48 bits per heavy atom. The van der Waals surface area contributed by atoms with Crippen LogP contribution in [0.1, 0.15) is 18.5 Å². The Kier molecular flexibility index (Phi) is 6.86. The molecule has 0 bridgehead atoms. The van der Waals surface area contributed by atoms with E-state index in [0.717, 1.165) is 32.0 Å². The molecule has 27 heavy (non-hydrogen) atoms. The smallest absolute Gasteiger partial charge is 0.191 e. The molecule has 3 rings (SSSR count). The van der Waals surface area contributed by atoms with Gasteiger partial charge in [0.15, 0.2) is 11.2 Å². The number of rotatable bonds is 5. The molecule has 0 spiro atoms. The molecule has 142 valence electrons. The fourth-order valence-corrected chi connectivity index (χ4v) is 3.41. The fraction of sp³-hybridized carbons (Fsp3) is 0.300. The summed E-state index contributed by atoms with van der Waals surface area (Å²) in [6.45, 7) is 5.31. The van der Waals surface area contributed by atoms with Crippen molar-refractivity contribution in [2.24, 2.45) is 5.10 Å². The second-order valence-electron chi connectivity index (χ2n) is 6.41. The Labute approximate surface area is 164 Å². The summed E-state index contributed by atoms with van der Waals surface area (Å²) in [5, 5.41) is 7.57. The van der Waals surface area contributed by atoms with E-state index in [-0.39, 0.29) is 17.0 Å². The summed E-state index contributed by atoms with van der Waals surface area (Å²) >= 11 is 5.25. The molecule has 1 saturated heterocycles. The highest BCUT2D eigenvalue weighted by atomic mass is 32.1. The Hall–Kier alpha value is -2.35. The summed E-state index contributed by atoms with van der Waals surface area (Å²) in [5.41, 5.74) is 5.28. The Balaban J connectivity index is 1.72. The van der Waals surface area contributed by atoms with E-state index in [4.69, 9.17) is 17.0 Å². The number of halogens is 1. The van der Waals surface area contributed by atoms with Crippen molar-refractivity contribution in [1.29, 1.82) is 0 Å². The predicted molar refractivity (Wildman–Crippen MR) is 110 cm³/mol. The number of nitrogens with zero attached hydrogens (tertiary/aromatic N) is 1. The third-order valence-corrected chi connectivity index (χ3v) is 4.74. The molecule has 0 radical (unpaired) electrons. The lowest BCUT2D eigenvalue weighted by atomic mass is 10.0. The molecule has 2 aromatic rings. The average Bonchev–Trinajstić information content (AvgIpc) is 2.70. The highest BCUT2D eigenvalue weighted by Crippen LogP contribution is 2.13. The lowest BCUT2D eigenvalue weighted by molar-refractivity contribution is -0.928. The van der Waals surface area contributed by atoms with Crippen LogP contribution in [0.15, 0.2) is 59.7 Å². The Morgan fingerprint density at radius 1 is 1.11 bits per heavy atom. The van der Waals surface area contributed by atoms with Crippen molar-refractivity contribution >= 4 is 28.7 Å². The average molecular weight is 388 g/mol. The van der Waals surface area contributed by atoms with Crippen LogP contribution in [-0.4, -0.2) is 37.1 Å². The monoisotopic (exact) mass is 387 g/mol. The Bertz CT molecular complexity index is 794. The van der Waals surface area contributed by atoms with Crippen molar-refractivity contribution in [2.45, 2.75) is 13.0 Å². The lowest BCUT2D eigenvalue weighted by Crippen LogP contribution is -3.15. The molecule has 7 heteroatoms. The topological polar surface area (TPSA) is 50.1 Å². The summed E-state index contributed by atoms with van der Waals surface area (Å²) in [7, 11) is 0. The number of ether oxygens (including phenoxy) is 1. The molecule has 1 fully saturated rings. The number of nitrogens with one attached hydrogen (secondary N) is 3. The van der Waals surface area contributed by atoms with Gasteiger partial charge in [-0.25, -0.2) is 4.39 Å². The van der Waals surface area contributed by atoms with Crippen molar-refractivity contribution in [3.05, 3.63) is 66.0 Å². The van der Waals surface area contributed by atoms with E-state index >= 15 is 0 Å². The van der Waals surface area contributed by atoms with Gasteiger partial charge in [0.05, 0.1) is 24.6 Å². The van der Waals surface area contributed by atoms with Gasteiger partial charge in [0.1, 0.15) is 18.9 Å². The molecule has 3 N–H and O–H groups in total. The van der Waals surface area contributed by atoms with Crippen LogP contribution in [0.5, 0.6) is 0 Å². The van der Waals surface area contributed by atoms with E-state index in [1.165, 1.54) is 16.5 Å². The normalized spacial score (nSPS) is 16.6. The minimum Gasteiger partial charge on any atom is -0.370 e. The van der Waals surface area contributed by atoms with Crippen LogP contribution in [0, 0.1) is 5.82 Å². The van der Waals surface area contributed by atoms with Gasteiger partial charge in [-0.3, -0.25) is 5.43 Å². The second-order valence-corrected chi connectivity index (χ2v) is 6.82. The number of para-hydroxylation sites is 1. The van der Waals surface area contributed by atoms with E-state index in [9.17, 15) is 4.39 Å². The Morgan fingerprint density at radius 2 is 1.78 bits per heavy atom. The summed E-state index contributed by atoms with van der Waals surface area (Å²) in [6.07, 6.45) is 0. The van der Waals surface area contributed by atoms with Crippen molar-refractivity contribution in [1.82, 2.24) is 5.43 Å². The summed E-state index contributed by atoms with van der Waals surface area (Å²) < 4.78 is 19.2. The number of thiocarbonyl (C=S) groups is 1. The number of anilines is 1. The van der Waals surface area contributed by atoms with E-state index in [2.05, 4.69) is 28.0 Å². The van der Waals surface area contributed by atoms with Gasteiger partial charge in [0.2, 0.25) is 0 Å². The summed E-state index contributed by atoms with van der Waals surface area (Å²) in [4.78, 5) is 1.41. The molecule has 1 atom stereocenters. The maximum Gasteiger partial charge on any atom is 0.191 e. The molecular formula is C20H24FN4OS+. The molecule has 2 aromatic carbocycles. The van der Waals surface area contributed by atoms with E-state index < -0.39 is 0 Å². The van der Waals surface area contributed by atoms with Gasteiger partial charge in [0, 0.05) is 5.56 Å². The number of hydrogen-bond acceptors (Lipinski definition) is 3. The van der Waals surface area contributed by atoms with Gasteiger partial charge < -0.3 is 15.0 Å². The zero-order valence-electron chi connectivity index (χ0n) is 15.2. The van der Waals surface area contributed by atoms with Crippen LogP contribution in [0.25, 0.3) is 0 Å². The zero-order chi connectivity index (χ0) is 19.1. The van der Waals surface area contributed by atoms with Crippen molar-refractivity contribution in [2.75, 3.05) is 31.6 Å². The predicted octanol–water partition coefficient (Wildman–Crippen LogP) is 2.14. The van der Waals surface area contributed by atoms with E-state index in [0.29, 0.717) is 5.69 Å². The SMILES string of the molecule is C/C(=N/NC(=S)Nc1ccccc1F)[C@H](c1ccccc1)[NH+]1CCOCC1. The van der Waals surface area contributed by atoms with E-state index in [1.807, 2.05) is 25.1 Å². The maximum absolute atomic E-state index is 13.7. The quantitative estimate of drug-likeness (QED) is 0.418. The highest BCUT2D eigenvalue weighted by Gasteiger charge is 2.29. The first-order valence-corrected chi connectivity index (χ1v) is 9.39. The number of hydrazone groups is 1. The molecule has 0 aliphatic carbocycles. The van der Waals surface area contributed by atoms with Gasteiger partial charge >= 0.3 is 0 Å².